The Hall–Kier alpha value is -1.39. The molecule has 0 bridgehead atoms. The van der Waals surface area contributed by atoms with Crippen molar-refractivity contribution >= 4 is 5.97 Å². The van der Waals surface area contributed by atoms with Gasteiger partial charge in [0, 0.05) is 11.3 Å². The topological polar surface area (TPSA) is 77.8 Å². The number of carboxylic acids is 1. The average Bonchev–Trinajstić information content (AvgIpc) is 2.97. The van der Waals surface area contributed by atoms with E-state index in [0.717, 1.165) is 31.3 Å². The van der Waals surface area contributed by atoms with Crippen molar-refractivity contribution in [3.63, 3.8) is 0 Å². The molecule has 0 spiro atoms. The van der Waals surface area contributed by atoms with Gasteiger partial charge in [-0.25, -0.2) is 0 Å². The van der Waals surface area contributed by atoms with E-state index in [-0.39, 0.29) is 33.7 Å². The number of aliphatic hydroxyl groups excluding tert-OH is 2. The Labute approximate surface area is 212 Å². The van der Waals surface area contributed by atoms with Crippen LogP contribution in [0.1, 0.15) is 93.4 Å². The summed E-state index contributed by atoms with van der Waals surface area (Å²) in [4.78, 5) is 12.6. The van der Waals surface area contributed by atoms with Crippen LogP contribution in [0.25, 0.3) is 0 Å². The van der Waals surface area contributed by atoms with Crippen LogP contribution in [0.5, 0.6) is 0 Å². The van der Waals surface area contributed by atoms with Gasteiger partial charge in [-0.05, 0) is 84.2 Å². The SMILES string of the molecule is C=C(CCC(C(=O)O)C1C(O)CC2(C)C3=CCC4C(C)(CCC(O)C4(C)C)C3=CCC12C)C(C)C. The number of hydrogen-bond donors (Lipinski definition) is 3. The van der Waals surface area contributed by atoms with Crippen LogP contribution in [-0.4, -0.2) is 33.5 Å². The molecular weight excluding hydrogens is 436 g/mol. The van der Waals surface area contributed by atoms with Crippen LogP contribution in [0.3, 0.4) is 0 Å². The molecule has 2 saturated carbocycles. The van der Waals surface area contributed by atoms with Crippen molar-refractivity contribution in [3.8, 4) is 0 Å². The molecule has 0 radical (unpaired) electrons. The summed E-state index contributed by atoms with van der Waals surface area (Å²) in [6.45, 7) is 19.7. The number of hydrogen-bond acceptors (Lipinski definition) is 3. The van der Waals surface area contributed by atoms with E-state index >= 15 is 0 Å². The monoisotopic (exact) mass is 484 g/mol. The summed E-state index contributed by atoms with van der Waals surface area (Å²) in [6.07, 6.45) is 9.19. The molecule has 4 aliphatic carbocycles. The van der Waals surface area contributed by atoms with Crippen LogP contribution < -0.4 is 0 Å². The maximum absolute atomic E-state index is 12.6. The highest BCUT2D eigenvalue weighted by molar-refractivity contribution is 5.71. The van der Waals surface area contributed by atoms with Crippen molar-refractivity contribution in [1.82, 2.24) is 0 Å². The molecule has 0 aromatic heterocycles. The fourth-order valence-electron chi connectivity index (χ4n) is 8.90. The van der Waals surface area contributed by atoms with Gasteiger partial charge in [-0.1, -0.05) is 72.8 Å². The Morgan fingerprint density at radius 3 is 2.37 bits per heavy atom. The zero-order valence-corrected chi connectivity index (χ0v) is 23.0. The zero-order valence-electron chi connectivity index (χ0n) is 23.0. The molecule has 3 N–H and O–H groups in total. The molecule has 35 heavy (non-hydrogen) atoms. The molecule has 196 valence electrons. The van der Waals surface area contributed by atoms with E-state index in [1.807, 2.05) is 0 Å². The largest absolute Gasteiger partial charge is 0.481 e. The minimum atomic E-state index is -0.793. The first-order chi connectivity index (χ1) is 16.1. The van der Waals surface area contributed by atoms with Gasteiger partial charge in [0.1, 0.15) is 0 Å². The van der Waals surface area contributed by atoms with E-state index < -0.39 is 18.0 Å². The number of fused-ring (bicyclic) bond motifs is 5. The molecule has 4 nitrogen and oxygen atoms in total. The molecule has 0 aromatic rings. The third-order valence-corrected chi connectivity index (χ3v) is 11.6. The third kappa shape index (κ3) is 3.72. The molecule has 8 unspecified atom stereocenters. The Bertz CT molecular complexity index is 957. The average molecular weight is 485 g/mol. The van der Waals surface area contributed by atoms with Crippen molar-refractivity contribution in [2.45, 2.75) is 106 Å². The smallest absolute Gasteiger partial charge is 0.306 e. The molecule has 0 aromatic carbocycles. The Balaban J connectivity index is 1.72. The maximum Gasteiger partial charge on any atom is 0.306 e. The second-order valence-corrected chi connectivity index (χ2v) is 13.9. The maximum atomic E-state index is 12.6. The number of rotatable bonds is 6. The minimum absolute atomic E-state index is 0.00139. The van der Waals surface area contributed by atoms with E-state index in [2.05, 4.69) is 67.2 Å². The molecule has 4 heteroatoms. The van der Waals surface area contributed by atoms with Crippen LogP contribution in [0.4, 0.5) is 0 Å². The second kappa shape index (κ2) is 8.58. The van der Waals surface area contributed by atoms with Crippen molar-refractivity contribution in [2.75, 3.05) is 0 Å². The van der Waals surface area contributed by atoms with Gasteiger partial charge in [-0.2, -0.15) is 0 Å². The summed E-state index contributed by atoms with van der Waals surface area (Å²) >= 11 is 0. The van der Waals surface area contributed by atoms with Crippen LogP contribution in [0, 0.1) is 45.3 Å². The molecule has 4 rings (SSSR count). The molecule has 0 aliphatic heterocycles. The highest BCUT2D eigenvalue weighted by Crippen LogP contribution is 2.71. The van der Waals surface area contributed by atoms with Gasteiger partial charge in [0.25, 0.3) is 0 Å². The molecule has 8 atom stereocenters. The first-order valence-electron chi connectivity index (χ1n) is 13.8. The van der Waals surface area contributed by atoms with Crippen molar-refractivity contribution in [3.05, 3.63) is 35.5 Å². The summed E-state index contributed by atoms with van der Waals surface area (Å²) in [6, 6.07) is 0. The van der Waals surface area contributed by atoms with E-state index in [1.54, 1.807) is 0 Å². The summed E-state index contributed by atoms with van der Waals surface area (Å²) in [7, 11) is 0. The Kier molecular flexibility index (Phi) is 6.54. The minimum Gasteiger partial charge on any atom is -0.481 e. The first kappa shape index (κ1) is 26.7. The van der Waals surface area contributed by atoms with E-state index in [9.17, 15) is 20.1 Å². The number of aliphatic hydroxyl groups is 2. The standard InChI is InChI=1S/C31H48O4/c1-18(2)19(3)9-10-20(27(34)35)26-23(32)17-31(8)22-11-12-24-28(4,5)25(33)14-15-29(24,6)21(22)13-16-30(26,31)7/h11,13,18,20,23-26,32-33H,3,9-10,12,14-17H2,1-2,4-8H3,(H,34,35). The van der Waals surface area contributed by atoms with Crippen molar-refractivity contribution < 1.29 is 20.1 Å². The highest BCUT2D eigenvalue weighted by atomic mass is 16.4. The van der Waals surface area contributed by atoms with Crippen LogP contribution in [-0.2, 0) is 4.79 Å². The van der Waals surface area contributed by atoms with E-state index in [4.69, 9.17) is 0 Å². The predicted octanol–water partition coefficient (Wildman–Crippen LogP) is 6.54. The summed E-state index contributed by atoms with van der Waals surface area (Å²) in [5.74, 6) is -0.966. The van der Waals surface area contributed by atoms with Gasteiger partial charge in [0.15, 0.2) is 0 Å². The number of carboxylic acid groups (broad SMARTS) is 1. The van der Waals surface area contributed by atoms with Gasteiger partial charge in [-0.15, -0.1) is 0 Å². The molecule has 0 amide bonds. The first-order valence-corrected chi connectivity index (χ1v) is 13.8. The lowest BCUT2D eigenvalue weighted by Crippen LogP contribution is -2.54. The fraction of sp³-hybridized carbons (Fsp3) is 0.774. The predicted molar refractivity (Wildman–Crippen MR) is 141 cm³/mol. The third-order valence-electron chi connectivity index (χ3n) is 11.6. The summed E-state index contributed by atoms with van der Waals surface area (Å²) in [5.41, 5.74) is 3.09. The van der Waals surface area contributed by atoms with E-state index in [1.165, 1.54) is 11.1 Å². The lowest BCUT2D eigenvalue weighted by Gasteiger charge is -2.61. The quantitative estimate of drug-likeness (QED) is 0.374. The molecule has 4 aliphatic rings. The number of carbonyl (C=O) groups is 1. The lowest BCUT2D eigenvalue weighted by atomic mass is 9.44. The second-order valence-electron chi connectivity index (χ2n) is 13.9. The van der Waals surface area contributed by atoms with Gasteiger partial charge in [-0.3, -0.25) is 4.79 Å². The molecule has 2 fully saturated rings. The van der Waals surface area contributed by atoms with Crippen LogP contribution in [0.15, 0.2) is 35.5 Å². The normalized spacial score (nSPS) is 42.9. The van der Waals surface area contributed by atoms with Crippen LogP contribution in [0.2, 0.25) is 0 Å². The molecule has 0 heterocycles. The van der Waals surface area contributed by atoms with Gasteiger partial charge in [0.05, 0.1) is 18.1 Å². The highest BCUT2D eigenvalue weighted by Gasteiger charge is 2.66. The van der Waals surface area contributed by atoms with Gasteiger partial charge < -0.3 is 15.3 Å². The molecule has 0 saturated heterocycles. The van der Waals surface area contributed by atoms with Crippen LogP contribution >= 0.6 is 0 Å². The van der Waals surface area contributed by atoms with E-state index in [0.29, 0.717) is 31.1 Å². The van der Waals surface area contributed by atoms with Crippen molar-refractivity contribution in [1.29, 1.82) is 0 Å². The number of allylic oxidation sites excluding steroid dienone is 5. The summed E-state index contributed by atoms with van der Waals surface area (Å²) < 4.78 is 0. The Morgan fingerprint density at radius 2 is 1.77 bits per heavy atom. The van der Waals surface area contributed by atoms with Crippen molar-refractivity contribution in [2.24, 2.45) is 45.3 Å². The zero-order chi connectivity index (χ0) is 26.1. The van der Waals surface area contributed by atoms with Gasteiger partial charge >= 0.3 is 5.97 Å². The lowest BCUT2D eigenvalue weighted by molar-refractivity contribution is -0.148. The van der Waals surface area contributed by atoms with Gasteiger partial charge in [0.2, 0.25) is 0 Å². The molecular formula is C31H48O4. The number of aliphatic carboxylic acids is 1. The summed E-state index contributed by atoms with van der Waals surface area (Å²) in [5, 5.41) is 32.6. The fourth-order valence-corrected chi connectivity index (χ4v) is 8.90. The Morgan fingerprint density at radius 1 is 1.11 bits per heavy atom.